The number of nitrogens with zero attached hydrogens (tertiary/aromatic N) is 3. The second-order valence-electron chi connectivity index (χ2n) is 9.51. The first-order valence-electron chi connectivity index (χ1n) is 11.7. The number of piperazine rings is 1. The van der Waals surface area contributed by atoms with Crippen molar-refractivity contribution in [3.63, 3.8) is 0 Å². The molecule has 0 aliphatic carbocycles. The number of carbonyl (C=O) groups is 1. The number of benzene rings is 1. The van der Waals surface area contributed by atoms with Gasteiger partial charge in [-0.05, 0) is 42.4 Å². The summed E-state index contributed by atoms with van der Waals surface area (Å²) in [6, 6.07) is 14.6. The topological polar surface area (TPSA) is 48.5 Å². The first-order valence-corrected chi connectivity index (χ1v) is 11.7. The molecule has 5 nitrogen and oxygen atoms in total. The van der Waals surface area contributed by atoms with Gasteiger partial charge in [-0.2, -0.15) is 0 Å². The van der Waals surface area contributed by atoms with E-state index in [4.69, 9.17) is 0 Å². The maximum Gasteiger partial charge on any atom is 0.257 e. The highest BCUT2D eigenvalue weighted by Crippen LogP contribution is 2.23. The molecular weight excluding hydrogens is 384 g/mol. The van der Waals surface area contributed by atoms with Gasteiger partial charge < -0.3 is 10.2 Å². The Kier molecular flexibility index (Phi) is 8.47. The van der Waals surface area contributed by atoms with Crippen LogP contribution in [0, 0.1) is 11.8 Å². The van der Waals surface area contributed by atoms with Crippen molar-refractivity contribution in [3.05, 3.63) is 59.8 Å². The third kappa shape index (κ3) is 6.79. The maximum absolute atomic E-state index is 13.6. The van der Waals surface area contributed by atoms with E-state index in [0.717, 1.165) is 45.6 Å². The largest absolute Gasteiger partial charge is 0.369 e. The van der Waals surface area contributed by atoms with Crippen LogP contribution in [0.25, 0.3) is 0 Å². The van der Waals surface area contributed by atoms with Gasteiger partial charge in [0.15, 0.2) is 0 Å². The van der Waals surface area contributed by atoms with E-state index in [-0.39, 0.29) is 11.9 Å². The van der Waals surface area contributed by atoms with Crippen molar-refractivity contribution < 1.29 is 4.79 Å². The van der Waals surface area contributed by atoms with Gasteiger partial charge in [-0.15, -0.1) is 0 Å². The first kappa shape index (κ1) is 23.3. The molecule has 1 saturated heterocycles. The summed E-state index contributed by atoms with van der Waals surface area (Å²) in [4.78, 5) is 22.7. The predicted octanol–water partition coefficient (Wildman–Crippen LogP) is 4.91. The fourth-order valence-electron chi connectivity index (χ4n) is 4.27. The number of amides is 1. The van der Waals surface area contributed by atoms with E-state index >= 15 is 0 Å². The lowest BCUT2D eigenvalue weighted by Crippen LogP contribution is -2.55. The highest BCUT2D eigenvalue weighted by molar-refractivity contribution is 5.99. The quantitative estimate of drug-likeness (QED) is 0.624. The standard InChI is InChI=1S/C26H38N4O/c1-20(2)12-14-28-25-24(11-8-13-27-25)26(31)30-16-15-29(19-23(30)17-21(3)4)18-22-9-6-5-7-10-22/h5-11,13,20-21,23H,12,14-19H2,1-4H3,(H,27,28)/t23-/m0/s1. The number of carbonyl (C=O) groups excluding carboxylic acids is 1. The van der Waals surface area contributed by atoms with E-state index in [9.17, 15) is 4.79 Å². The van der Waals surface area contributed by atoms with Crippen LogP contribution in [0.1, 0.15) is 56.5 Å². The molecule has 0 radical (unpaired) electrons. The van der Waals surface area contributed by atoms with Crippen LogP contribution in [0.5, 0.6) is 0 Å². The number of anilines is 1. The second-order valence-corrected chi connectivity index (χ2v) is 9.51. The second kappa shape index (κ2) is 11.3. The highest BCUT2D eigenvalue weighted by atomic mass is 16.2. The van der Waals surface area contributed by atoms with E-state index in [1.54, 1.807) is 6.20 Å². The fraction of sp³-hybridized carbons (Fsp3) is 0.538. The molecule has 1 aliphatic heterocycles. The lowest BCUT2D eigenvalue weighted by atomic mass is 9.98. The van der Waals surface area contributed by atoms with Crippen LogP contribution < -0.4 is 5.32 Å². The molecule has 168 valence electrons. The molecule has 0 spiro atoms. The molecule has 1 atom stereocenters. The number of rotatable bonds is 9. The van der Waals surface area contributed by atoms with E-state index in [1.807, 2.05) is 12.1 Å². The first-order chi connectivity index (χ1) is 14.9. The minimum absolute atomic E-state index is 0.102. The molecule has 0 bridgehead atoms. The fourth-order valence-corrected chi connectivity index (χ4v) is 4.27. The molecule has 2 heterocycles. The number of aromatic nitrogens is 1. The van der Waals surface area contributed by atoms with Crippen molar-refractivity contribution in [3.8, 4) is 0 Å². The molecule has 3 rings (SSSR count). The van der Waals surface area contributed by atoms with E-state index < -0.39 is 0 Å². The van der Waals surface area contributed by atoms with Crippen molar-refractivity contribution in [2.45, 2.75) is 53.1 Å². The van der Waals surface area contributed by atoms with Gasteiger partial charge >= 0.3 is 0 Å². The van der Waals surface area contributed by atoms with Gasteiger partial charge in [-0.1, -0.05) is 58.0 Å². The zero-order valence-electron chi connectivity index (χ0n) is 19.6. The monoisotopic (exact) mass is 422 g/mol. The number of nitrogens with one attached hydrogen (secondary N) is 1. The van der Waals surface area contributed by atoms with Gasteiger partial charge in [0.1, 0.15) is 5.82 Å². The van der Waals surface area contributed by atoms with Crippen LogP contribution in [-0.2, 0) is 6.54 Å². The average Bonchev–Trinajstić information content (AvgIpc) is 2.74. The molecule has 1 fully saturated rings. The normalized spacial score (nSPS) is 17.4. The smallest absolute Gasteiger partial charge is 0.257 e. The Morgan fingerprint density at radius 2 is 1.84 bits per heavy atom. The van der Waals surface area contributed by atoms with Crippen LogP contribution in [0.2, 0.25) is 0 Å². The molecule has 1 aromatic heterocycles. The molecule has 1 amide bonds. The number of hydrogen-bond acceptors (Lipinski definition) is 4. The SMILES string of the molecule is CC(C)CCNc1ncccc1C(=O)N1CCN(Cc2ccccc2)C[C@@H]1CC(C)C. The Labute approximate surface area is 187 Å². The highest BCUT2D eigenvalue weighted by Gasteiger charge is 2.32. The van der Waals surface area contributed by atoms with Crippen molar-refractivity contribution in [2.24, 2.45) is 11.8 Å². The van der Waals surface area contributed by atoms with Gasteiger partial charge in [0, 0.05) is 45.0 Å². The average molecular weight is 423 g/mol. The molecule has 5 heteroatoms. The van der Waals surface area contributed by atoms with Crippen molar-refractivity contribution in [2.75, 3.05) is 31.5 Å². The summed E-state index contributed by atoms with van der Waals surface area (Å²) < 4.78 is 0. The third-order valence-corrected chi connectivity index (χ3v) is 5.87. The minimum Gasteiger partial charge on any atom is -0.369 e. The zero-order valence-corrected chi connectivity index (χ0v) is 19.6. The summed E-state index contributed by atoms with van der Waals surface area (Å²) in [6.45, 7) is 13.2. The van der Waals surface area contributed by atoms with Gasteiger partial charge in [0.2, 0.25) is 0 Å². The molecular formula is C26H38N4O. The maximum atomic E-state index is 13.6. The lowest BCUT2D eigenvalue weighted by molar-refractivity contribution is 0.0393. The number of hydrogen-bond donors (Lipinski definition) is 1. The Hall–Kier alpha value is -2.40. The van der Waals surface area contributed by atoms with Crippen molar-refractivity contribution in [1.29, 1.82) is 0 Å². The minimum atomic E-state index is 0.102. The summed E-state index contributed by atoms with van der Waals surface area (Å²) in [5.41, 5.74) is 2.02. The van der Waals surface area contributed by atoms with Gasteiger partial charge in [-0.3, -0.25) is 9.69 Å². The molecule has 31 heavy (non-hydrogen) atoms. The van der Waals surface area contributed by atoms with Crippen LogP contribution in [0.3, 0.4) is 0 Å². The summed E-state index contributed by atoms with van der Waals surface area (Å²) in [6.07, 6.45) is 3.82. The third-order valence-electron chi connectivity index (χ3n) is 5.87. The summed E-state index contributed by atoms with van der Waals surface area (Å²) >= 11 is 0. The van der Waals surface area contributed by atoms with Gasteiger partial charge in [0.05, 0.1) is 5.56 Å². The summed E-state index contributed by atoms with van der Waals surface area (Å²) in [5, 5.41) is 3.39. The molecule has 1 N–H and O–H groups in total. The van der Waals surface area contributed by atoms with Gasteiger partial charge in [0.25, 0.3) is 5.91 Å². The van der Waals surface area contributed by atoms with Crippen LogP contribution >= 0.6 is 0 Å². The number of pyridine rings is 1. The summed E-state index contributed by atoms with van der Waals surface area (Å²) in [5.74, 6) is 1.96. The molecule has 0 unspecified atom stereocenters. The van der Waals surface area contributed by atoms with E-state index in [1.165, 1.54) is 5.56 Å². The van der Waals surface area contributed by atoms with Crippen molar-refractivity contribution >= 4 is 11.7 Å². The molecule has 1 aliphatic rings. The van der Waals surface area contributed by atoms with E-state index in [2.05, 4.69) is 78.1 Å². The lowest BCUT2D eigenvalue weighted by Gasteiger charge is -2.42. The van der Waals surface area contributed by atoms with E-state index in [0.29, 0.717) is 23.2 Å². The summed E-state index contributed by atoms with van der Waals surface area (Å²) in [7, 11) is 0. The zero-order chi connectivity index (χ0) is 22.2. The molecule has 1 aromatic carbocycles. The Balaban J connectivity index is 1.72. The van der Waals surface area contributed by atoms with Crippen LogP contribution in [0.4, 0.5) is 5.82 Å². The van der Waals surface area contributed by atoms with Crippen molar-refractivity contribution in [1.82, 2.24) is 14.8 Å². The van der Waals surface area contributed by atoms with Gasteiger partial charge in [-0.25, -0.2) is 4.98 Å². The Bertz CT molecular complexity index is 821. The van der Waals surface area contributed by atoms with Crippen LogP contribution in [0.15, 0.2) is 48.7 Å². The molecule has 2 aromatic rings. The van der Waals surface area contributed by atoms with Crippen LogP contribution in [-0.4, -0.2) is 52.9 Å². The Morgan fingerprint density at radius 1 is 1.06 bits per heavy atom. The predicted molar refractivity (Wildman–Crippen MR) is 128 cm³/mol. The Morgan fingerprint density at radius 3 is 2.55 bits per heavy atom. The molecule has 0 saturated carbocycles.